The number of rotatable bonds is 8. The summed E-state index contributed by atoms with van der Waals surface area (Å²) in [5.41, 5.74) is 2.28. The molecule has 0 bridgehead atoms. The van der Waals surface area contributed by atoms with Crippen LogP contribution in [0.3, 0.4) is 0 Å². The van der Waals surface area contributed by atoms with Crippen LogP contribution in [0.4, 0.5) is 8.78 Å². The zero-order valence-electron chi connectivity index (χ0n) is 15.1. The van der Waals surface area contributed by atoms with Gasteiger partial charge in [0.15, 0.2) is 0 Å². The van der Waals surface area contributed by atoms with Gasteiger partial charge in [0.25, 0.3) is 5.92 Å². The average Bonchev–Trinajstić information content (AvgIpc) is 2.71. The van der Waals surface area contributed by atoms with Crippen molar-refractivity contribution in [1.82, 2.24) is 10.5 Å². The number of alkyl halides is 2. The van der Waals surface area contributed by atoms with Crippen LogP contribution in [-0.2, 0) is 17.1 Å². The fourth-order valence-corrected chi connectivity index (χ4v) is 2.59. The lowest BCUT2D eigenvalue weighted by Crippen LogP contribution is -2.33. The molecule has 3 rings (SSSR count). The number of nitrogens with one attached hydrogen (secondary N) is 1. The van der Waals surface area contributed by atoms with Crippen molar-refractivity contribution in [2.45, 2.75) is 12.3 Å². The largest absolute Gasteiger partial charge is 0.426 e. The van der Waals surface area contributed by atoms with Crippen molar-refractivity contribution < 1.29 is 23.1 Å². The van der Waals surface area contributed by atoms with E-state index in [0.717, 1.165) is 0 Å². The lowest BCUT2D eigenvalue weighted by molar-refractivity contribution is -0.133. The number of pyridine rings is 1. The number of benzene rings is 2. The predicted molar refractivity (Wildman–Crippen MR) is 104 cm³/mol. The summed E-state index contributed by atoms with van der Waals surface area (Å²) in [4.78, 5) is 21.3. The second-order valence-electron chi connectivity index (χ2n) is 6.04. The quantitative estimate of drug-likeness (QED) is 0.330. The van der Waals surface area contributed by atoms with Gasteiger partial charge in [0.2, 0.25) is 5.88 Å². The molecule has 5 nitrogen and oxygen atoms in total. The minimum atomic E-state index is -3.13. The summed E-state index contributed by atoms with van der Waals surface area (Å²) >= 11 is 6.06. The standard InChI is InChI=1S/C21H17ClF2N2O3/c22-17-11-12-19(29-25-14-21(23,24)15-7-3-1-4-8-15)26-18(17)13-20(27)28-16-9-5-2-6-10-16/h1-12,25H,13-14H2. The SMILES string of the molecule is O=C(Cc1nc(ONCC(F)(F)c2ccccc2)ccc1Cl)Oc1ccccc1. The normalized spacial score (nSPS) is 11.1. The van der Waals surface area contributed by atoms with Crippen molar-refractivity contribution in [3.05, 3.63) is 89.1 Å². The molecule has 0 radical (unpaired) electrons. The Kier molecular flexibility index (Phi) is 6.74. The van der Waals surface area contributed by atoms with E-state index < -0.39 is 18.4 Å². The van der Waals surface area contributed by atoms with Gasteiger partial charge in [-0.1, -0.05) is 60.1 Å². The number of ether oxygens (including phenoxy) is 1. The van der Waals surface area contributed by atoms with Crippen molar-refractivity contribution >= 4 is 17.6 Å². The van der Waals surface area contributed by atoms with Crippen LogP contribution in [0.5, 0.6) is 11.6 Å². The second-order valence-corrected chi connectivity index (χ2v) is 6.44. The van der Waals surface area contributed by atoms with Gasteiger partial charge in [0.05, 0.1) is 17.1 Å². The van der Waals surface area contributed by atoms with Gasteiger partial charge in [-0.05, 0) is 18.2 Å². The fraction of sp³-hybridized carbons (Fsp3) is 0.143. The molecule has 1 N–H and O–H groups in total. The molecule has 0 spiro atoms. The second kappa shape index (κ2) is 9.45. The summed E-state index contributed by atoms with van der Waals surface area (Å²) in [5, 5.41) is 0.233. The molecule has 2 aromatic carbocycles. The Labute approximate surface area is 171 Å². The van der Waals surface area contributed by atoms with Gasteiger partial charge < -0.3 is 9.57 Å². The van der Waals surface area contributed by atoms with E-state index in [2.05, 4.69) is 10.5 Å². The van der Waals surface area contributed by atoms with E-state index in [1.165, 1.54) is 36.4 Å². The third-order valence-electron chi connectivity index (χ3n) is 3.85. The molecule has 0 unspecified atom stereocenters. The van der Waals surface area contributed by atoms with Crippen molar-refractivity contribution in [3.8, 4) is 11.6 Å². The van der Waals surface area contributed by atoms with Crippen molar-refractivity contribution in [1.29, 1.82) is 0 Å². The van der Waals surface area contributed by atoms with Crippen molar-refractivity contribution in [3.63, 3.8) is 0 Å². The van der Waals surface area contributed by atoms with Gasteiger partial charge in [-0.2, -0.15) is 8.78 Å². The summed E-state index contributed by atoms with van der Waals surface area (Å²) in [6, 6.07) is 18.8. The first kappa shape index (κ1) is 20.7. The van der Waals surface area contributed by atoms with E-state index in [-0.39, 0.29) is 28.6 Å². The highest BCUT2D eigenvalue weighted by Gasteiger charge is 2.31. The third-order valence-corrected chi connectivity index (χ3v) is 4.19. The molecule has 0 aliphatic carbocycles. The number of hydroxylamine groups is 1. The van der Waals surface area contributed by atoms with Crippen LogP contribution in [0.2, 0.25) is 5.02 Å². The molecular formula is C21H17ClF2N2O3. The molecule has 8 heteroatoms. The first-order valence-electron chi connectivity index (χ1n) is 8.68. The van der Waals surface area contributed by atoms with Crippen LogP contribution in [-0.4, -0.2) is 17.5 Å². The highest BCUT2D eigenvalue weighted by molar-refractivity contribution is 6.31. The first-order chi connectivity index (χ1) is 13.9. The van der Waals surface area contributed by atoms with E-state index in [1.54, 1.807) is 36.4 Å². The number of nitrogens with zero attached hydrogens (tertiary/aromatic N) is 1. The minimum Gasteiger partial charge on any atom is -0.426 e. The number of hydrogen-bond acceptors (Lipinski definition) is 5. The van der Waals surface area contributed by atoms with Gasteiger partial charge in [-0.15, -0.1) is 5.48 Å². The van der Waals surface area contributed by atoms with Crippen LogP contribution < -0.4 is 15.1 Å². The first-order valence-corrected chi connectivity index (χ1v) is 9.06. The maximum atomic E-state index is 14.1. The number of esters is 1. The number of para-hydroxylation sites is 1. The van der Waals surface area contributed by atoms with E-state index >= 15 is 0 Å². The summed E-state index contributed by atoms with van der Waals surface area (Å²) in [6.07, 6.45) is -0.203. The topological polar surface area (TPSA) is 60.5 Å². The lowest BCUT2D eigenvalue weighted by Gasteiger charge is -2.17. The molecular weight excluding hydrogens is 402 g/mol. The molecule has 29 heavy (non-hydrogen) atoms. The Morgan fingerprint density at radius 3 is 2.34 bits per heavy atom. The fourth-order valence-electron chi connectivity index (χ4n) is 2.42. The lowest BCUT2D eigenvalue weighted by atomic mass is 10.1. The maximum Gasteiger partial charge on any atom is 0.317 e. The van der Waals surface area contributed by atoms with Gasteiger partial charge in [0.1, 0.15) is 12.3 Å². The number of hydrogen-bond donors (Lipinski definition) is 1. The molecule has 0 atom stereocenters. The highest BCUT2D eigenvalue weighted by atomic mass is 35.5. The Morgan fingerprint density at radius 2 is 1.66 bits per heavy atom. The Balaban J connectivity index is 1.58. The van der Waals surface area contributed by atoms with Crippen LogP contribution in [0.15, 0.2) is 72.8 Å². The summed E-state index contributed by atoms with van der Waals surface area (Å²) < 4.78 is 33.5. The summed E-state index contributed by atoms with van der Waals surface area (Å²) in [7, 11) is 0. The molecule has 0 saturated carbocycles. The van der Waals surface area contributed by atoms with Crippen LogP contribution >= 0.6 is 11.6 Å². The number of aromatic nitrogens is 1. The van der Waals surface area contributed by atoms with E-state index in [1.807, 2.05) is 0 Å². The predicted octanol–water partition coefficient (Wildman–Crippen LogP) is 4.56. The molecule has 0 aliphatic rings. The van der Waals surface area contributed by atoms with Gasteiger partial charge in [-0.3, -0.25) is 4.79 Å². The van der Waals surface area contributed by atoms with Crippen LogP contribution in [0.1, 0.15) is 11.3 Å². The maximum absolute atomic E-state index is 14.1. The molecule has 1 aromatic heterocycles. The molecule has 0 saturated heterocycles. The molecule has 0 fully saturated rings. The van der Waals surface area contributed by atoms with Crippen LogP contribution in [0.25, 0.3) is 0 Å². The molecule has 1 heterocycles. The molecule has 0 amide bonds. The monoisotopic (exact) mass is 418 g/mol. The van der Waals surface area contributed by atoms with Crippen molar-refractivity contribution in [2.24, 2.45) is 0 Å². The Bertz CT molecular complexity index is 957. The zero-order chi connectivity index (χ0) is 20.7. The molecule has 3 aromatic rings. The number of carbonyl (C=O) groups excluding carboxylic acids is 1. The Morgan fingerprint density at radius 1 is 1.00 bits per heavy atom. The number of halogens is 3. The number of carbonyl (C=O) groups is 1. The third kappa shape index (κ3) is 5.97. The van der Waals surface area contributed by atoms with E-state index in [4.69, 9.17) is 21.2 Å². The zero-order valence-corrected chi connectivity index (χ0v) is 15.9. The van der Waals surface area contributed by atoms with Gasteiger partial charge >= 0.3 is 5.97 Å². The van der Waals surface area contributed by atoms with E-state index in [9.17, 15) is 13.6 Å². The molecule has 150 valence electrons. The molecule has 0 aliphatic heterocycles. The smallest absolute Gasteiger partial charge is 0.317 e. The summed E-state index contributed by atoms with van der Waals surface area (Å²) in [6.45, 7) is -0.757. The Hall–Kier alpha value is -3.03. The average molecular weight is 419 g/mol. The highest BCUT2D eigenvalue weighted by Crippen LogP contribution is 2.27. The van der Waals surface area contributed by atoms with Crippen LogP contribution in [0, 0.1) is 0 Å². The van der Waals surface area contributed by atoms with Gasteiger partial charge in [0, 0.05) is 11.6 Å². The van der Waals surface area contributed by atoms with Crippen molar-refractivity contribution in [2.75, 3.05) is 6.54 Å². The minimum absolute atomic E-state index is 0.000716. The summed E-state index contributed by atoms with van der Waals surface area (Å²) in [5.74, 6) is -3.30. The van der Waals surface area contributed by atoms with E-state index in [0.29, 0.717) is 5.75 Å². The van der Waals surface area contributed by atoms with Gasteiger partial charge in [-0.25, -0.2) is 4.98 Å².